The summed E-state index contributed by atoms with van der Waals surface area (Å²) in [6.45, 7) is 4.11. The lowest BCUT2D eigenvalue weighted by atomic mass is 9.82. The van der Waals surface area contributed by atoms with Gasteiger partial charge in [-0.3, -0.25) is 9.59 Å². The SMILES string of the molecule is COc1ccc(C(=O)N=C2C=CC3C(=C2)NC(=O)C=C3C(C)C)cc1OC. The van der Waals surface area contributed by atoms with Gasteiger partial charge in [0.25, 0.3) is 5.91 Å². The van der Waals surface area contributed by atoms with Gasteiger partial charge in [0, 0.05) is 23.3 Å². The third-order valence-corrected chi connectivity index (χ3v) is 4.55. The highest BCUT2D eigenvalue weighted by Crippen LogP contribution is 2.32. The molecule has 1 aliphatic carbocycles. The maximum atomic E-state index is 12.5. The van der Waals surface area contributed by atoms with Gasteiger partial charge >= 0.3 is 0 Å². The molecule has 140 valence electrons. The molecule has 0 spiro atoms. The lowest BCUT2D eigenvalue weighted by Crippen LogP contribution is -2.34. The molecular formula is C21H22N2O4. The highest BCUT2D eigenvalue weighted by atomic mass is 16.5. The third-order valence-electron chi connectivity index (χ3n) is 4.55. The monoisotopic (exact) mass is 366 g/mol. The number of benzene rings is 1. The van der Waals surface area contributed by atoms with Crippen LogP contribution in [0.3, 0.4) is 0 Å². The molecule has 0 saturated carbocycles. The molecule has 1 aliphatic heterocycles. The van der Waals surface area contributed by atoms with Gasteiger partial charge in [-0.25, -0.2) is 4.99 Å². The summed E-state index contributed by atoms with van der Waals surface area (Å²) in [4.78, 5) is 28.6. The van der Waals surface area contributed by atoms with E-state index in [0.717, 1.165) is 11.3 Å². The van der Waals surface area contributed by atoms with Crippen LogP contribution < -0.4 is 14.8 Å². The van der Waals surface area contributed by atoms with E-state index in [2.05, 4.69) is 24.2 Å². The zero-order valence-electron chi connectivity index (χ0n) is 15.8. The summed E-state index contributed by atoms with van der Waals surface area (Å²) >= 11 is 0. The molecule has 3 rings (SSSR count). The fourth-order valence-corrected chi connectivity index (χ4v) is 3.17. The molecule has 2 amide bonds. The molecule has 2 aliphatic rings. The molecule has 0 saturated heterocycles. The highest BCUT2D eigenvalue weighted by molar-refractivity contribution is 6.14. The molecule has 1 N–H and O–H groups in total. The normalized spacial score (nSPS) is 20.0. The predicted octanol–water partition coefficient (Wildman–Crippen LogP) is 3.07. The number of aliphatic imine (C=N–C) groups is 1. The number of fused-ring (bicyclic) bond motifs is 1. The van der Waals surface area contributed by atoms with Gasteiger partial charge in [0.05, 0.1) is 19.9 Å². The first-order valence-electron chi connectivity index (χ1n) is 8.70. The van der Waals surface area contributed by atoms with Crippen molar-refractivity contribution in [3.8, 4) is 11.5 Å². The number of rotatable bonds is 4. The number of carbonyl (C=O) groups is 2. The van der Waals surface area contributed by atoms with Crippen LogP contribution in [0.15, 0.2) is 58.8 Å². The number of methoxy groups -OCH3 is 2. The number of carbonyl (C=O) groups excluding carboxylic acids is 2. The van der Waals surface area contributed by atoms with Crippen molar-refractivity contribution in [2.24, 2.45) is 16.8 Å². The first-order chi connectivity index (χ1) is 12.9. The summed E-state index contributed by atoms with van der Waals surface area (Å²) in [5.41, 5.74) is 2.68. The Morgan fingerprint density at radius 2 is 1.89 bits per heavy atom. The van der Waals surface area contributed by atoms with Crippen LogP contribution >= 0.6 is 0 Å². The van der Waals surface area contributed by atoms with E-state index >= 15 is 0 Å². The van der Waals surface area contributed by atoms with E-state index in [4.69, 9.17) is 9.47 Å². The van der Waals surface area contributed by atoms with E-state index in [-0.39, 0.29) is 17.7 Å². The van der Waals surface area contributed by atoms with Gasteiger partial charge in [-0.15, -0.1) is 0 Å². The molecule has 0 bridgehead atoms. The van der Waals surface area contributed by atoms with Crippen molar-refractivity contribution in [3.05, 3.63) is 59.3 Å². The summed E-state index contributed by atoms with van der Waals surface area (Å²) in [6, 6.07) is 4.90. The van der Waals surface area contributed by atoms with E-state index < -0.39 is 5.91 Å². The van der Waals surface area contributed by atoms with Crippen LogP contribution in [0, 0.1) is 11.8 Å². The second kappa shape index (κ2) is 7.61. The number of allylic oxidation sites excluding steroid dienone is 3. The van der Waals surface area contributed by atoms with E-state index in [1.807, 2.05) is 6.08 Å². The number of nitrogens with one attached hydrogen (secondary N) is 1. The fourth-order valence-electron chi connectivity index (χ4n) is 3.17. The van der Waals surface area contributed by atoms with Crippen LogP contribution in [0.5, 0.6) is 11.5 Å². The van der Waals surface area contributed by atoms with Crippen LogP contribution in [-0.2, 0) is 4.79 Å². The van der Waals surface area contributed by atoms with Gasteiger partial charge in [-0.05, 0) is 41.8 Å². The van der Waals surface area contributed by atoms with Crippen molar-refractivity contribution in [1.29, 1.82) is 0 Å². The molecule has 6 nitrogen and oxygen atoms in total. The second-order valence-electron chi connectivity index (χ2n) is 6.64. The third kappa shape index (κ3) is 3.84. The smallest absolute Gasteiger partial charge is 0.277 e. The molecule has 0 fully saturated rings. The summed E-state index contributed by atoms with van der Waals surface area (Å²) in [7, 11) is 3.05. The summed E-state index contributed by atoms with van der Waals surface area (Å²) in [6.07, 6.45) is 7.16. The molecule has 1 atom stereocenters. The average molecular weight is 366 g/mol. The van der Waals surface area contributed by atoms with Gasteiger partial charge in [0.15, 0.2) is 11.5 Å². The Morgan fingerprint density at radius 1 is 1.15 bits per heavy atom. The highest BCUT2D eigenvalue weighted by Gasteiger charge is 2.28. The molecule has 27 heavy (non-hydrogen) atoms. The van der Waals surface area contributed by atoms with E-state index in [1.165, 1.54) is 14.2 Å². The van der Waals surface area contributed by atoms with Crippen molar-refractivity contribution in [2.75, 3.05) is 14.2 Å². The molecule has 0 radical (unpaired) electrons. The van der Waals surface area contributed by atoms with Crippen molar-refractivity contribution >= 4 is 17.5 Å². The standard InChI is InChI=1S/C21H22N2O4/c1-12(2)16-11-20(24)23-17-10-14(6-7-15(16)17)22-21(25)13-5-8-18(26-3)19(9-13)27-4/h5-12,15H,1-4H3,(H,23,24). The molecule has 1 unspecified atom stereocenters. The lowest BCUT2D eigenvalue weighted by molar-refractivity contribution is -0.116. The van der Waals surface area contributed by atoms with Crippen LogP contribution in [0.1, 0.15) is 24.2 Å². The Kier molecular flexibility index (Phi) is 5.26. The van der Waals surface area contributed by atoms with Crippen LogP contribution in [0.25, 0.3) is 0 Å². The Balaban J connectivity index is 1.87. The summed E-state index contributed by atoms with van der Waals surface area (Å²) < 4.78 is 10.4. The number of amides is 2. The zero-order chi connectivity index (χ0) is 19.6. The van der Waals surface area contributed by atoms with Gasteiger partial charge < -0.3 is 14.8 Å². The molecular weight excluding hydrogens is 344 g/mol. The summed E-state index contributed by atoms with van der Waals surface area (Å²) in [5, 5.41) is 2.85. The minimum Gasteiger partial charge on any atom is -0.493 e. The Bertz CT molecular complexity index is 907. The number of hydrogen-bond donors (Lipinski definition) is 1. The quantitative estimate of drug-likeness (QED) is 0.888. The van der Waals surface area contributed by atoms with Crippen LogP contribution in [0.2, 0.25) is 0 Å². The zero-order valence-corrected chi connectivity index (χ0v) is 15.8. The van der Waals surface area contributed by atoms with E-state index in [9.17, 15) is 9.59 Å². The number of ether oxygens (including phenoxy) is 2. The second-order valence-corrected chi connectivity index (χ2v) is 6.64. The van der Waals surface area contributed by atoms with Gasteiger partial charge in [-0.1, -0.05) is 19.9 Å². The Hall–Kier alpha value is -3.15. The number of nitrogens with zero attached hydrogens (tertiary/aromatic N) is 1. The van der Waals surface area contributed by atoms with Crippen molar-refractivity contribution in [1.82, 2.24) is 5.32 Å². The largest absolute Gasteiger partial charge is 0.493 e. The van der Waals surface area contributed by atoms with Crippen LogP contribution in [0.4, 0.5) is 0 Å². The maximum absolute atomic E-state index is 12.5. The van der Waals surface area contributed by atoms with Crippen molar-refractivity contribution in [3.63, 3.8) is 0 Å². The molecule has 1 aromatic rings. The predicted molar refractivity (Wildman–Crippen MR) is 103 cm³/mol. The first kappa shape index (κ1) is 18.6. The van der Waals surface area contributed by atoms with Crippen LogP contribution in [-0.4, -0.2) is 31.7 Å². The maximum Gasteiger partial charge on any atom is 0.277 e. The van der Waals surface area contributed by atoms with Gasteiger partial charge in [0.1, 0.15) is 0 Å². The lowest BCUT2D eigenvalue weighted by Gasteiger charge is -2.29. The minimum atomic E-state index is -0.396. The number of hydrogen-bond acceptors (Lipinski definition) is 4. The molecule has 1 aromatic carbocycles. The Morgan fingerprint density at radius 3 is 2.56 bits per heavy atom. The fraction of sp³-hybridized carbons (Fsp3) is 0.286. The molecule has 1 heterocycles. The molecule has 6 heteroatoms. The van der Waals surface area contributed by atoms with Gasteiger partial charge in [0.2, 0.25) is 5.91 Å². The topological polar surface area (TPSA) is 77.0 Å². The van der Waals surface area contributed by atoms with Gasteiger partial charge in [-0.2, -0.15) is 0 Å². The molecule has 0 aromatic heterocycles. The van der Waals surface area contributed by atoms with E-state index in [1.54, 1.807) is 36.4 Å². The first-order valence-corrected chi connectivity index (χ1v) is 8.70. The Labute approximate surface area is 158 Å². The summed E-state index contributed by atoms with van der Waals surface area (Å²) in [5.74, 6) is 0.725. The van der Waals surface area contributed by atoms with Crippen molar-refractivity contribution in [2.45, 2.75) is 13.8 Å². The average Bonchev–Trinajstić information content (AvgIpc) is 2.66. The minimum absolute atomic E-state index is 0.0119. The van der Waals surface area contributed by atoms with E-state index in [0.29, 0.717) is 22.8 Å². The van der Waals surface area contributed by atoms with Crippen molar-refractivity contribution < 1.29 is 19.1 Å².